The molecular formula is C20H19FN4O3S2. The molecule has 2 heterocycles. The van der Waals surface area contributed by atoms with Crippen molar-refractivity contribution in [3.8, 4) is 11.5 Å². The van der Waals surface area contributed by atoms with Crippen LogP contribution in [0.1, 0.15) is 5.56 Å². The zero-order valence-electron chi connectivity index (χ0n) is 15.8. The Morgan fingerprint density at radius 3 is 2.80 bits per heavy atom. The van der Waals surface area contributed by atoms with Crippen LogP contribution in [-0.2, 0) is 11.3 Å². The number of nitrogens with zero attached hydrogens (tertiary/aromatic N) is 2. The summed E-state index contributed by atoms with van der Waals surface area (Å²) in [6.45, 7) is 1.28. The molecule has 0 spiro atoms. The summed E-state index contributed by atoms with van der Waals surface area (Å²) in [4.78, 5) is 12.1. The number of carbonyl (C=O) groups excluding carboxylic acids is 1. The maximum atomic E-state index is 12.9. The van der Waals surface area contributed by atoms with Gasteiger partial charge in [0.25, 0.3) is 0 Å². The van der Waals surface area contributed by atoms with E-state index in [0.29, 0.717) is 34.9 Å². The molecule has 1 aliphatic heterocycles. The molecule has 7 nitrogen and oxygen atoms in total. The molecule has 1 aromatic heterocycles. The highest BCUT2D eigenvalue weighted by molar-refractivity contribution is 8.01. The van der Waals surface area contributed by atoms with E-state index in [-0.39, 0.29) is 23.6 Å². The molecule has 3 aromatic rings. The van der Waals surface area contributed by atoms with Crippen molar-refractivity contribution in [2.24, 2.45) is 0 Å². The molecule has 0 radical (unpaired) electrons. The highest BCUT2D eigenvalue weighted by atomic mass is 32.2. The van der Waals surface area contributed by atoms with E-state index >= 15 is 0 Å². The summed E-state index contributed by atoms with van der Waals surface area (Å²) in [6.07, 6.45) is -0.224. The first-order chi connectivity index (χ1) is 14.7. The van der Waals surface area contributed by atoms with E-state index in [1.165, 1.54) is 35.2 Å². The topological polar surface area (TPSA) is 85.4 Å². The number of aromatic nitrogens is 2. The molecule has 0 unspecified atom stereocenters. The molecule has 1 aliphatic rings. The fourth-order valence-electron chi connectivity index (χ4n) is 2.69. The van der Waals surface area contributed by atoms with E-state index in [1.54, 1.807) is 12.1 Å². The van der Waals surface area contributed by atoms with Gasteiger partial charge in [-0.1, -0.05) is 47.4 Å². The van der Waals surface area contributed by atoms with Gasteiger partial charge in [0, 0.05) is 6.54 Å². The molecule has 4 rings (SSSR count). The van der Waals surface area contributed by atoms with Crippen LogP contribution >= 0.6 is 23.1 Å². The lowest BCUT2D eigenvalue weighted by molar-refractivity contribution is -0.119. The van der Waals surface area contributed by atoms with Crippen LogP contribution in [0.25, 0.3) is 0 Å². The minimum absolute atomic E-state index is 0.113. The zero-order valence-corrected chi connectivity index (χ0v) is 17.5. The third kappa shape index (κ3) is 5.61. The van der Waals surface area contributed by atoms with Gasteiger partial charge in [0.2, 0.25) is 11.0 Å². The maximum Gasteiger partial charge on any atom is 0.230 e. The number of amides is 1. The van der Waals surface area contributed by atoms with Crippen molar-refractivity contribution in [1.82, 2.24) is 15.5 Å². The predicted molar refractivity (Wildman–Crippen MR) is 114 cm³/mol. The molecule has 10 heteroatoms. The Labute approximate surface area is 181 Å². The van der Waals surface area contributed by atoms with E-state index < -0.39 is 0 Å². The number of fused-ring (bicyclic) bond motifs is 1. The highest BCUT2D eigenvalue weighted by Crippen LogP contribution is 2.30. The van der Waals surface area contributed by atoms with Gasteiger partial charge in [0.1, 0.15) is 18.5 Å². The van der Waals surface area contributed by atoms with Gasteiger partial charge in [-0.3, -0.25) is 4.79 Å². The average Bonchev–Trinajstić information content (AvgIpc) is 3.23. The number of halogens is 1. The van der Waals surface area contributed by atoms with Crippen LogP contribution in [0.3, 0.4) is 0 Å². The number of para-hydroxylation sites is 2. The van der Waals surface area contributed by atoms with Crippen LogP contribution in [-0.4, -0.2) is 41.1 Å². The van der Waals surface area contributed by atoms with Gasteiger partial charge in [-0.05, 0) is 29.8 Å². The molecule has 1 amide bonds. The summed E-state index contributed by atoms with van der Waals surface area (Å²) in [6, 6.07) is 13.7. The number of anilines is 1. The Balaban J connectivity index is 1.17. The molecule has 1 atom stereocenters. The second-order valence-corrected chi connectivity index (χ2v) is 8.64. The van der Waals surface area contributed by atoms with E-state index in [2.05, 4.69) is 20.8 Å². The van der Waals surface area contributed by atoms with Crippen molar-refractivity contribution in [2.75, 3.05) is 24.2 Å². The lowest BCUT2D eigenvalue weighted by atomic mass is 10.2. The van der Waals surface area contributed by atoms with Crippen LogP contribution in [0.2, 0.25) is 0 Å². The van der Waals surface area contributed by atoms with Crippen LogP contribution in [0.4, 0.5) is 9.52 Å². The van der Waals surface area contributed by atoms with Crippen molar-refractivity contribution < 1.29 is 18.7 Å². The first-order valence-electron chi connectivity index (χ1n) is 9.25. The highest BCUT2D eigenvalue weighted by Gasteiger charge is 2.21. The number of rotatable bonds is 8. The number of ether oxygens (including phenoxy) is 2. The Kier molecular flexibility index (Phi) is 6.65. The number of benzene rings is 2. The first-order valence-corrected chi connectivity index (χ1v) is 11.1. The molecule has 156 valence electrons. The Morgan fingerprint density at radius 2 is 1.97 bits per heavy atom. The second kappa shape index (κ2) is 9.77. The SMILES string of the molecule is O=C(CSc1nnc(NCc2ccc(F)cc2)s1)NC[C@H]1COc2ccccc2O1. The molecule has 2 aromatic carbocycles. The van der Waals surface area contributed by atoms with E-state index in [1.807, 2.05) is 24.3 Å². The van der Waals surface area contributed by atoms with Gasteiger partial charge in [-0.15, -0.1) is 10.2 Å². The summed E-state index contributed by atoms with van der Waals surface area (Å²) in [7, 11) is 0. The fourth-order valence-corrected chi connectivity index (χ4v) is 4.27. The molecular weight excluding hydrogens is 427 g/mol. The molecule has 2 N–H and O–H groups in total. The van der Waals surface area contributed by atoms with Gasteiger partial charge in [0.15, 0.2) is 15.8 Å². The summed E-state index contributed by atoms with van der Waals surface area (Å²) < 4.78 is 25.1. The Hall–Kier alpha value is -2.85. The minimum Gasteiger partial charge on any atom is -0.486 e. The summed E-state index contributed by atoms with van der Waals surface area (Å²) >= 11 is 2.69. The average molecular weight is 447 g/mol. The Morgan fingerprint density at radius 1 is 1.17 bits per heavy atom. The second-order valence-electron chi connectivity index (χ2n) is 6.44. The number of thioether (sulfide) groups is 1. The van der Waals surface area contributed by atoms with Crippen LogP contribution in [0, 0.1) is 5.82 Å². The first kappa shape index (κ1) is 20.4. The summed E-state index contributed by atoms with van der Waals surface area (Å²) in [5, 5.41) is 14.8. The Bertz CT molecular complexity index is 1000. The lowest BCUT2D eigenvalue weighted by Crippen LogP contribution is -2.41. The summed E-state index contributed by atoms with van der Waals surface area (Å²) in [5.41, 5.74) is 0.941. The zero-order chi connectivity index (χ0) is 20.8. The molecule has 0 saturated heterocycles. The van der Waals surface area contributed by atoms with E-state index in [4.69, 9.17) is 9.47 Å². The monoisotopic (exact) mass is 446 g/mol. The van der Waals surface area contributed by atoms with Crippen molar-refractivity contribution in [3.05, 3.63) is 59.9 Å². The van der Waals surface area contributed by atoms with E-state index in [9.17, 15) is 9.18 Å². The van der Waals surface area contributed by atoms with Crippen LogP contribution in [0.5, 0.6) is 11.5 Å². The molecule has 0 bridgehead atoms. The molecule has 0 fully saturated rings. The minimum atomic E-state index is -0.265. The summed E-state index contributed by atoms with van der Waals surface area (Å²) in [5.74, 6) is 1.26. The van der Waals surface area contributed by atoms with Crippen LogP contribution in [0.15, 0.2) is 52.9 Å². The fraction of sp³-hybridized carbons (Fsp3) is 0.250. The van der Waals surface area contributed by atoms with Gasteiger partial charge in [-0.25, -0.2) is 4.39 Å². The third-order valence-electron chi connectivity index (χ3n) is 4.18. The molecule has 0 saturated carbocycles. The largest absolute Gasteiger partial charge is 0.486 e. The van der Waals surface area contributed by atoms with Crippen molar-refractivity contribution in [3.63, 3.8) is 0 Å². The quantitative estimate of drug-likeness (QED) is 0.514. The predicted octanol–water partition coefficient (Wildman–Crippen LogP) is 3.34. The molecule has 30 heavy (non-hydrogen) atoms. The number of nitrogens with one attached hydrogen (secondary N) is 2. The lowest BCUT2D eigenvalue weighted by Gasteiger charge is -2.26. The van der Waals surface area contributed by atoms with Gasteiger partial charge < -0.3 is 20.1 Å². The van der Waals surface area contributed by atoms with Crippen LogP contribution < -0.4 is 20.1 Å². The normalized spacial score (nSPS) is 14.9. The standard InChI is InChI=1S/C20H19FN4O3S2/c21-14-7-5-13(6-8-14)9-23-19-24-25-20(30-19)29-12-18(26)22-10-15-11-27-16-3-1-2-4-17(16)28-15/h1-8,15H,9-12H2,(H,22,26)(H,23,24)/t15-/m0/s1. The smallest absolute Gasteiger partial charge is 0.230 e. The van der Waals surface area contributed by atoms with Crippen molar-refractivity contribution in [1.29, 1.82) is 0 Å². The van der Waals surface area contributed by atoms with Gasteiger partial charge in [0.05, 0.1) is 12.3 Å². The third-order valence-corrected chi connectivity index (χ3v) is 6.20. The van der Waals surface area contributed by atoms with Crippen molar-refractivity contribution in [2.45, 2.75) is 17.0 Å². The molecule has 0 aliphatic carbocycles. The maximum absolute atomic E-state index is 12.9. The van der Waals surface area contributed by atoms with Gasteiger partial charge >= 0.3 is 0 Å². The van der Waals surface area contributed by atoms with E-state index in [0.717, 1.165) is 11.3 Å². The van der Waals surface area contributed by atoms with Crippen molar-refractivity contribution >= 4 is 34.1 Å². The number of carbonyl (C=O) groups is 1. The van der Waals surface area contributed by atoms with Gasteiger partial charge in [-0.2, -0.15) is 0 Å². The number of hydrogen-bond donors (Lipinski definition) is 2. The number of hydrogen-bond acceptors (Lipinski definition) is 8.